The molecule has 0 saturated heterocycles. The van der Waals surface area contributed by atoms with Gasteiger partial charge in [0.15, 0.2) is 0 Å². The van der Waals surface area contributed by atoms with Gasteiger partial charge < -0.3 is 14.2 Å². The van der Waals surface area contributed by atoms with Crippen LogP contribution in [0.25, 0.3) is 77.8 Å². The number of nitrogens with zero attached hydrogens (tertiary/aromatic N) is 6. The molecule has 11 aromatic rings. The van der Waals surface area contributed by atoms with Gasteiger partial charge in [-0.3, -0.25) is 19.1 Å². The molecule has 11 rings (SSSR count). The standard InChI is InChI=1S/C55H40N6O4/c1-33-17-19-56-53(23-33)60-49-11-7-5-9-43(49)45-15-13-39(29-51(45)60)64-41-22-35(3)21-36(26-41)47-31-59-48(32-58-47)37-25-38(55(62)63-4)28-42(27-37)65-40-14-16-46-44-10-6-8-12-50(44)61(52(46)30-40)54-24-34(2)18-20-57-54/h5-32H,1-4H3. The highest BCUT2D eigenvalue weighted by Gasteiger charge is 2.18. The van der Waals surface area contributed by atoms with E-state index in [9.17, 15) is 4.79 Å². The number of carbonyl (C=O) groups is 1. The number of benzene rings is 6. The molecule has 0 spiro atoms. The molecule has 0 amide bonds. The minimum Gasteiger partial charge on any atom is -0.465 e. The quantitative estimate of drug-likeness (QED) is 0.132. The van der Waals surface area contributed by atoms with Crippen LogP contribution in [-0.2, 0) is 4.74 Å². The van der Waals surface area contributed by atoms with Crippen LogP contribution in [0.4, 0.5) is 0 Å². The maximum atomic E-state index is 13.0. The summed E-state index contributed by atoms with van der Waals surface area (Å²) in [4.78, 5) is 32.1. The Hall–Kier alpha value is -8.63. The zero-order chi connectivity index (χ0) is 44.2. The van der Waals surface area contributed by atoms with Crippen molar-refractivity contribution >= 4 is 49.6 Å². The number of rotatable bonds is 9. The van der Waals surface area contributed by atoms with E-state index in [0.29, 0.717) is 45.5 Å². The summed E-state index contributed by atoms with van der Waals surface area (Å²) >= 11 is 0. The van der Waals surface area contributed by atoms with E-state index in [2.05, 4.69) is 89.7 Å². The molecule has 5 heterocycles. The van der Waals surface area contributed by atoms with Crippen molar-refractivity contribution in [1.29, 1.82) is 0 Å². The highest BCUT2D eigenvalue weighted by molar-refractivity contribution is 6.10. The van der Waals surface area contributed by atoms with Crippen molar-refractivity contribution in [3.8, 4) is 57.1 Å². The van der Waals surface area contributed by atoms with Gasteiger partial charge in [0.1, 0.15) is 34.6 Å². The van der Waals surface area contributed by atoms with E-state index in [1.54, 1.807) is 24.5 Å². The monoisotopic (exact) mass is 848 g/mol. The van der Waals surface area contributed by atoms with Crippen LogP contribution in [0.5, 0.6) is 23.0 Å². The van der Waals surface area contributed by atoms with Crippen molar-refractivity contribution in [2.45, 2.75) is 20.8 Å². The van der Waals surface area contributed by atoms with Crippen molar-refractivity contribution < 1.29 is 19.0 Å². The van der Waals surface area contributed by atoms with Gasteiger partial charge in [-0.15, -0.1) is 0 Å². The van der Waals surface area contributed by atoms with Crippen LogP contribution in [0.2, 0.25) is 0 Å². The number of aryl methyl sites for hydroxylation is 3. The SMILES string of the molecule is COC(=O)c1cc(Oc2ccc3c4ccccc4n(-c4cc(C)ccn4)c3c2)cc(-c2cnc(-c3cc(C)cc(Oc4ccc5c6ccccc6n(-c6cc(C)ccn6)c5c4)c3)cn2)c1. The summed E-state index contributed by atoms with van der Waals surface area (Å²) in [6.45, 7) is 6.15. The van der Waals surface area contributed by atoms with Gasteiger partial charge in [-0.05, 0) is 135 Å². The van der Waals surface area contributed by atoms with Crippen LogP contribution >= 0.6 is 0 Å². The molecular weight excluding hydrogens is 809 g/mol. The average molecular weight is 849 g/mol. The molecule has 0 aliphatic rings. The first-order chi connectivity index (χ1) is 31.8. The zero-order valence-electron chi connectivity index (χ0n) is 36.0. The lowest BCUT2D eigenvalue weighted by Crippen LogP contribution is -2.02. The third-order valence-electron chi connectivity index (χ3n) is 11.6. The lowest BCUT2D eigenvalue weighted by molar-refractivity contribution is 0.0600. The molecule has 5 aromatic heterocycles. The summed E-state index contributed by atoms with van der Waals surface area (Å²) < 4.78 is 22.6. The fourth-order valence-corrected chi connectivity index (χ4v) is 8.70. The summed E-state index contributed by atoms with van der Waals surface area (Å²) in [7, 11) is 1.36. The fraction of sp³-hybridized carbons (Fsp3) is 0.0727. The summed E-state index contributed by atoms with van der Waals surface area (Å²) in [5, 5.41) is 4.44. The summed E-state index contributed by atoms with van der Waals surface area (Å²) in [6, 6.07) is 48.2. The van der Waals surface area contributed by atoms with Crippen molar-refractivity contribution in [2.24, 2.45) is 0 Å². The van der Waals surface area contributed by atoms with Gasteiger partial charge in [-0.1, -0.05) is 36.4 Å². The average Bonchev–Trinajstić information content (AvgIpc) is 3.83. The minimum atomic E-state index is -0.498. The Morgan fingerprint density at radius 2 is 0.938 bits per heavy atom. The van der Waals surface area contributed by atoms with Gasteiger partial charge in [0, 0.05) is 57.2 Å². The normalized spacial score (nSPS) is 11.4. The smallest absolute Gasteiger partial charge is 0.338 e. The van der Waals surface area contributed by atoms with E-state index >= 15 is 0 Å². The minimum absolute atomic E-state index is 0.319. The number of aromatic nitrogens is 6. The summed E-state index contributed by atoms with van der Waals surface area (Å²) in [6.07, 6.45) is 7.09. The third-order valence-corrected chi connectivity index (χ3v) is 11.6. The number of fused-ring (bicyclic) bond motifs is 6. The number of para-hydroxylation sites is 2. The summed E-state index contributed by atoms with van der Waals surface area (Å²) in [5.74, 6) is 3.56. The molecule has 0 aliphatic carbocycles. The Labute approximate surface area is 374 Å². The first-order valence-corrected chi connectivity index (χ1v) is 21.2. The second-order valence-corrected chi connectivity index (χ2v) is 16.2. The van der Waals surface area contributed by atoms with Crippen LogP contribution in [0.1, 0.15) is 27.0 Å². The van der Waals surface area contributed by atoms with Gasteiger partial charge in [0.2, 0.25) is 0 Å². The van der Waals surface area contributed by atoms with Crippen molar-refractivity contribution in [1.82, 2.24) is 29.1 Å². The molecule has 0 bridgehead atoms. The molecule has 10 heteroatoms. The van der Waals surface area contributed by atoms with Gasteiger partial charge in [0.05, 0.1) is 58.5 Å². The molecule has 0 unspecified atom stereocenters. The van der Waals surface area contributed by atoms with Crippen LogP contribution < -0.4 is 9.47 Å². The van der Waals surface area contributed by atoms with Gasteiger partial charge >= 0.3 is 5.97 Å². The number of carbonyl (C=O) groups excluding carboxylic acids is 1. The maximum absolute atomic E-state index is 13.0. The van der Waals surface area contributed by atoms with Crippen LogP contribution in [0.15, 0.2) is 170 Å². The zero-order valence-corrected chi connectivity index (χ0v) is 36.0. The largest absolute Gasteiger partial charge is 0.465 e. The second kappa shape index (κ2) is 15.9. The van der Waals surface area contributed by atoms with Crippen molar-refractivity contribution in [3.63, 3.8) is 0 Å². The van der Waals surface area contributed by atoms with Gasteiger partial charge in [-0.25, -0.2) is 14.8 Å². The van der Waals surface area contributed by atoms with E-state index in [1.807, 2.05) is 86.0 Å². The fourth-order valence-electron chi connectivity index (χ4n) is 8.70. The van der Waals surface area contributed by atoms with E-state index in [0.717, 1.165) is 77.5 Å². The lowest BCUT2D eigenvalue weighted by atomic mass is 10.1. The van der Waals surface area contributed by atoms with Gasteiger partial charge in [0.25, 0.3) is 0 Å². The summed E-state index contributed by atoms with van der Waals surface area (Å²) in [5.41, 5.74) is 10.3. The van der Waals surface area contributed by atoms with E-state index < -0.39 is 5.97 Å². The molecule has 0 N–H and O–H groups in total. The van der Waals surface area contributed by atoms with Crippen molar-refractivity contribution in [2.75, 3.05) is 7.11 Å². The van der Waals surface area contributed by atoms with Crippen molar-refractivity contribution in [3.05, 3.63) is 193 Å². The Balaban J connectivity index is 0.901. The molecule has 0 radical (unpaired) electrons. The maximum Gasteiger partial charge on any atom is 0.338 e. The molecule has 6 aromatic carbocycles. The molecule has 0 fully saturated rings. The number of ether oxygens (including phenoxy) is 3. The molecule has 0 saturated carbocycles. The molecule has 10 nitrogen and oxygen atoms in total. The Morgan fingerprint density at radius 3 is 1.45 bits per heavy atom. The molecule has 0 aliphatic heterocycles. The first-order valence-electron chi connectivity index (χ1n) is 21.2. The third kappa shape index (κ3) is 7.26. The predicted octanol–water partition coefficient (Wildman–Crippen LogP) is 13.1. The number of esters is 1. The topological polar surface area (TPSA) is 106 Å². The Kier molecular flexibility index (Phi) is 9.61. The van der Waals surface area contributed by atoms with Gasteiger partial charge in [-0.2, -0.15) is 0 Å². The van der Waals surface area contributed by atoms with E-state index in [4.69, 9.17) is 34.1 Å². The first kappa shape index (κ1) is 39.2. The molecular formula is C55H40N6O4. The Morgan fingerprint density at radius 1 is 0.446 bits per heavy atom. The number of hydrogen-bond donors (Lipinski definition) is 0. The molecule has 0 atom stereocenters. The highest BCUT2D eigenvalue weighted by Crippen LogP contribution is 2.38. The van der Waals surface area contributed by atoms with Crippen LogP contribution in [0.3, 0.4) is 0 Å². The predicted molar refractivity (Wildman–Crippen MR) is 256 cm³/mol. The van der Waals surface area contributed by atoms with Crippen LogP contribution in [-0.4, -0.2) is 42.1 Å². The second-order valence-electron chi connectivity index (χ2n) is 16.2. The number of pyridine rings is 2. The number of methoxy groups -OCH3 is 1. The highest BCUT2D eigenvalue weighted by atomic mass is 16.5. The lowest BCUT2D eigenvalue weighted by Gasteiger charge is -2.12. The van der Waals surface area contributed by atoms with Crippen LogP contribution in [0, 0.1) is 20.8 Å². The van der Waals surface area contributed by atoms with E-state index in [-0.39, 0.29) is 0 Å². The molecule has 65 heavy (non-hydrogen) atoms. The van der Waals surface area contributed by atoms with E-state index in [1.165, 1.54) is 7.11 Å². The molecule has 314 valence electrons. The number of hydrogen-bond acceptors (Lipinski definition) is 8. The Bertz CT molecular complexity index is 3670.